The monoisotopic (exact) mass is 224 g/mol. The van der Waals surface area contributed by atoms with Crippen molar-refractivity contribution in [2.24, 2.45) is 11.8 Å². The molecule has 0 saturated carbocycles. The molecule has 92 valence electrons. The Morgan fingerprint density at radius 3 is 1.69 bits per heavy atom. The van der Waals surface area contributed by atoms with E-state index in [-0.39, 0.29) is 6.03 Å². The Balaban J connectivity index is 2.82. The molecule has 0 spiro atoms. The number of urea groups is 1. The topological polar surface area (TPSA) is 23.6 Å². The minimum absolute atomic E-state index is 0.119. The highest BCUT2D eigenvalue weighted by Crippen LogP contribution is 2.29. The molecule has 0 aliphatic carbocycles. The van der Waals surface area contributed by atoms with E-state index in [4.69, 9.17) is 0 Å². The van der Waals surface area contributed by atoms with Gasteiger partial charge in [0.15, 0.2) is 0 Å². The third-order valence-corrected chi connectivity index (χ3v) is 3.18. The molecule has 3 heteroatoms. The maximum atomic E-state index is 11.9. The third-order valence-electron chi connectivity index (χ3n) is 3.18. The molecule has 0 saturated heterocycles. The SMILES string of the molecule is CC(C)C1=C(C(C)C)CN(C(=O)N(C)C)C1. The van der Waals surface area contributed by atoms with E-state index in [9.17, 15) is 4.79 Å². The molecule has 0 aromatic heterocycles. The molecule has 2 amide bonds. The zero-order valence-electron chi connectivity index (χ0n) is 11.4. The molecule has 0 unspecified atom stereocenters. The van der Waals surface area contributed by atoms with E-state index in [0.29, 0.717) is 11.8 Å². The molecule has 1 heterocycles. The lowest BCUT2D eigenvalue weighted by atomic mass is 9.93. The highest BCUT2D eigenvalue weighted by Gasteiger charge is 2.28. The van der Waals surface area contributed by atoms with Crippen molar-refractivity contribution < 1.29 is 4.79 Å². The van der Waals surface area contributed by atoms with Crippen molar-refractivity contribution in [3.05, 3.63) is 11.1 Å². The van der Waals surface area contributed by atoms with Crippen LogP contribution in [0.25, 0.3) is 0 Å². The van der Waals surface area contributed by atoms with Gasteiger partial charge in [0.1, 0.15) is 0 Å². The molecule has 1 aliphatic heterocycles. The minimum Gasteiger partial charge on any atom is -0.331 e. The number of amides is 2. The van der Waals surface area contributed by atoms with Gasteiger partial charge >= 0.3 is 6.03 Å². The first-order valence-electron chi connectivity index (χ1n) is 6.02. The second-order valence-corrected chi connectivity index (χ2v) is 5.39. The number of rotatable bonds is 2. The van der Waals surface area contributed by atoms with Crippen LogP contribution in [0.3, 0.4) is 0 Å². The lowest BCUT2D eigenvalue weighted by Crippen LogP contribution is -2.38. The number of nitrogens with zero attached hydrogens (tertiary/aromatic N) is 2. The fourth-order valence-electron chi connectivity index (χ4n) is 2.20. The zero-order chi connectivity index (χ0) is 12.5. The summed E-state index contributed by atoms with van der Waals surface area (Å²) in [7, 11) is 3.62. The van der Waals surface area contributed by atoms with Gasteiger partial charge in [0.25, 0.3) is 0 Å². The fraction of sp³-hybridized carbons (Fsp3) is 0.769. The average Bonchev–Trinajstić information content (AvgIpc) is 2.60. The van der Waals surface area contributed by atoms with Crippen molar-refractivity contribution in [2.75, 3.05) is 27.2 Å². The molecule has 0 aromatic carbocycles. The zero-order valence-corrected chi connectivity index (χ0v) is 11.4. The maximum Gasteiger partial charge on any atom is 0.320 e. The van der Waals surface area contributed by atoms with Crippen molar-refractivity contribution in [3.63, 3.8) is 0 Å². The number of hydrogen-bond donors (Lipinski definition) is 0. The van der Waals surface area contributed by atoms with Crippen LogP contribution in [-0.4, -0.2) is 43.0 Å². The molecule has 16 heavy (non-hydrogen) atoms. The van der Waals surface area contributed by atoms with Crippen LogP contribution in [0.1, 0.15) is 27.7 Å². The summed E-state index contributed by atoms with van der Waals surface area (Å²) in [5, 5.41) is 0. The fourth-order valence-corrected chi connectivity index (χ4v) is 2.20. The Hall–Kier alpha value is -0.990. The largest absolute Gasteiger partial charge is 0.331 e. The molecule has 0 aromatic rings. The lowest BCUT2D eigenvalue weighted by Gasteiger charge is -2.22. The summed E-state index contributed by atoms with van der Waals surface area (Å²) in [6, 6.07) is 0.119. The molecular formula is C13H24N2O. The smallest absolute Gasteiger partial charge is 0.320 e. The quantitative estimate of drug-likeness (QED) is 0.661. The predicted molar refractivity (Wildman–Crippen MR) is 67.4 cm³/mol. The second-order valence-electron chi connectivity index (χ2n) is 5.39. The van der Waals surface area contributed by atoms with E-state index in [0.717, 1.165) is 13.1 Å². The van der Waals surface area contributed by atoms with Gasteiger partial charge in [-0.05, 0) is 23.0 Å². The van der Waals surface area contributed by atoms with Crippen LogP contribution in [0.4, 0.5) is 4.79 Å². The van der Waals surface area contributed by atoms with Gasteiger partial charge in [-0.25, -0.2) is 4.79 Å². The van der Waals surface area contributed by atoms with Crippen LogP contribution in [0.2, 0.25) is 0 Å². The first-order valence-corrected chi connectivity index (χ1v) is 6.02. The maximum absolute atomic E-state index is 11.9. The van der Waals surface area contributed by atoms with Crippen molar-refractivity contribution in [1.82, 2.24) is 9.80 Å². The molecule has 0 fully saturated rings. The van der Waals surface area contributed by atoms with E-state index in [1.54, 1.807) is 4.90 Å². The van der Waals surface area contributed by atoms with E-state index in [1.165, 1.54) is 11.1 Å². The second kappa shape index (κ2) is 4.89. The summed E-state index contributed by atoms with van der Waals surface area (Å²) in [5.74, 6) is 1.08. The predicted octanol–water partition coefficient (Wildman–Crippen LogP) is 2.59. The standard InChI is InChI=1S/C13H24N2O/c1-9(2)11-7-15(13(16)14(5)6)8-12(11)10(3)4/h9-10H,7-8H2,1-6H3. The Morgan fingerprint density at radius 1 is 1.06 bits per heavy atom. The average molecular weight is 224 g/mol. The lowest BCUT2D eigenvalue weighted by molar-refractivity contribution is 0.182. The summed E-state index contributed by atoms with van der Waals surface area (Å²) in [6.07, 6.45) is 0. The molecule has 0 bridgehead atoms. The summed E-state index contributed by atoms with van der Waals surface area (Å²) in [6.45, 7) is 10.5. The molecule has 3 nitrogen and oxygen atoms in total. The van der Waals surface area contributed by atoms with Crippen molar-refractivity contribution in [1.29, 1.82) is 0 Å². The number of carbonyl (C=O) groups is 1. The summed E-state index contributed by atoms with van der Waals surface area (Å²) in [4.78, 5) is 15.5. The van der Waals surface area contributed by atoms with Crippen LogP contribution >= 0.6 is 0 Å². The summed E-state index contributed by atoms with van der Waals surface area (Å²) in [5.41, 5.74) is 2.90. The Bertz CT molecular complexity index is 283. The van der Waals surface area contributed by atoms with Crippen LogP contribution in [-0.2, 0) is 0 Å². The van der Waals surface area contributed by atoms with Gasteiger partial charge in [0, 0.05) is 27.2 Å². The van der Waals surface area contributed by atoms with Gasteiger partial charge in [-0.15, -0.1) is 0 Å². The van der Waals surface area contributed by atoms with Crippen LogP contribution in [0, 0.1) is 11.8 Å². The van der Waals surface area contributed by atoms with Crippen molar-refractivity contribution >= 4 is 6.03 Å². The minimum atomic E-state index is 0.119. The van der Waals surface area contributed by atoms with E-state index in [2.05, 4.69) is 27.7 Å². The normalized spacial score (nSPS) is 16.6. The van der Waals surface area contributed by atoms with Gasteiger partial charge in [-0.1, -0.05) is 27.7 Å². The van der Waals surface area contributed by atoms with Crippen LogP contribution < -0.4 is 0 Å². The van der Waals surface area contributed by atoms with Crippen LogP contribution in [0.15, 0.2) is 11.1 Å². The highest BCUT2D eigenvalue weighted by molar-refractivity contribution is 5.75. The van der Waals surface area contributed by atoms with Crippen molar-refractivity contribution in [3.8, 4) is 0 Å². The third kappa shape index (κ3) is 2.57. The molecule has 0 N–H and O–H groups in total. The molecule has 1 rings (SSSR count). The number of carbonyl (C=O) groups excluding carboxylic acids is 1. The van der Waals surface area contributed by atoms with E-state index in [1.807, 2.05) is 19.0 Å². The first-order chi connectivity index (χ1) is 7.34. The Morgan fingerprint density at radius 2 is 1.44 bits per heavy atom. The molecule has 0 atom stereocenters. The molecule has 1 aliphatic rings. The van der Waals surface area contributed by atoms with E-state index >= 15 is 0 Å². The molecular weight excluding hydrogens is 200 g/mol. The first kappa shape index (κ1) is 13.1. The van der Waals surface area contributed by atoms with Gasteiger partial charge in [-0.2, -0.15) is 0 Å². The van der Waals surface area contributed by atoms with Crippen LogP contribution in [0.5, 0.6) is 0 Å². The van der Waals surface area contributed by atoms with Gasteiger partial charge in [-0.3, -0.25) is 0 Å². The van der Waals surface area contributed by atoms with Gasteiger partial charge < -0.3 is 9.80 Å². The number of hydrogen-bond acceptors (Lipinski definition) is 1. The Kier molecular flexibility index (Phi) is 4.00. The van der Waals surface area contributed by atoms with Gasteiger partial charge in [0.2, 0.25) is 0 Å². The Labute approximate surface area is 99.1 Å². The highest BCUT2D eigenvalue weighted by atomic mass is 16.2. The van der Waals surface area contributed by atoms with Crippen molar-refractivity contribution in [2.45, 2.75) is 27.7 Å². The van der Waals surface area contributed by atoms with E-state index < -0.39 is 0 Å². The molecule has 0 radical (unpaired) electrons. The summed E-state index contributed by atoms with van der Waals surface area (Å²) >= 11 is 0. The summed E-state index contributed by atoms with van der Waals surface area (Å²) < 4.78 is 0. The van der Waals surface area contributed by atoms with Gasteiger partial charge in [0.05, 0.1) is 0 Å².